The summed E-state index contributed by atoms with van der Waals surface area (Å²) in [4.78, 5) is 27.9. The zero-order chi connectivity index (χ0) is 24.8. The molecule has 0 unspecified atom stereocenters. The minimum absolute atomic E-state index is 0.0459. The first-order chi connectivity index (χ1) is 17.0. The summed E-state index contributed by atoms with van der Waals surface area (Å²) in [6.07, 6.45) is 7.58. The van der Waals surface area contributed by atoms with Crippen LogP contribution in [0.15, 0.2) is 48.5 Å². The molecule has 0 radical (unpaired) electrons. The Morgan fingerprint density at radius 2 is 1.69 bits per heavy atom. The van der Waals surface area contributed by atoms with Crippen LogP contribution in [0.25, 0.3) is 5.57 Å². The number of Topliss-reactive ketones (excluding diaryl/α,β-unsaturated/α-hetero) is 1. The molecule has 0 saturated carbocycles. The van der Waals surface area contributed by atoms with E-state index in [-0.39, 0.29) is 17.3 Å². The van der Waals surface area contributed by atoms with Gasteiger partial charge in [0.2, 0.25) is 0 Å². The molecule has 186 valence electrons. The van der Waals surface area contributed by atoms with Crippen molar-refractivity contribution in [1.29, 1.82) is 0 Å². The number of nitrogens with one attached hydrogen (secondary N) is 1. The molecule has 2 aromatic carbocycles. The van der Waals surface area contributed by atoms with Crippen LogP contribution < -0.4 is 10.1 Å². The second kappa shape index (κ2) is 11.2. The van der Waals surface area contributed by atoms with E-state index >= 15 is 0 Å². The highest BCUT2D eigenvalue weighted by Crippen LogP contribution is 2.44. The van der Waals surface area contributed by atoms with E-state index in [0.717, 1.165) is 73.2 Å². The number of nitrogens with zero attached hydrogens (tertiary/aromatic N) is 1. The third kappa shape index (κ3) is 5.35. The summed E-state index contributed by atoms with van der Waals surface area (Å²) in [7, 11) is 0. The Balaban J connectivity index is 1.75. The second-order valence-electron chi connectivity index (χ2n) is 9.59. The molecule has 1 amide bonds. The quantitative estimate of drug-likeness (QED) is 0.364. The lowest BCUT2D eigenvalue weighted by Crippen LogP contribution is -2.46. The van der Waals surface area contributed by atoms with Crippen LogP contribution in [0, 0.1) is 0 Å². The van der Waals surface area contributed by atoms with E-state index in [1.807, 2.05) is 61.2 Å². The molecule has 0 bridgehead atoms. The maximum Gasteiger partial charge on any atom is 0.253 e. The number of benzene rings is 2. The van der Waals surface area contributed by atoms with E-state index in [9.17, 15) is 9.59 Å². The maximum atomic E-state index is 13.3. The highest BCUT2D eigenvalue weighted by Gasteiger charge is 2.38. The summed E-state index contributed by atoms with van der Waals surface area (Å²) in [5, 5.41) is 3.43. The molecule has 0 atom stereocenters. The van der Waals surface area contributed by atoms with Crippen molar-refractivity contribution in [2.75, 3.05) is 26.2 Å². The normalized spacial score (nSPS) is 16.3. The first kappa shape index (κ1) is 25.2. The summed E-state index contributed by atoms with van der Waals surface area (Å²) in [6.45, 7) is 9.31. The predicted molar refractivity (Wildman–Crippen MR) is 141 cm³/mol. The van der Waals surface area contributed by atoms with Crippen LogP contribution in [0.5, 0.6) is 5.75 Å². The van der Waals surface area contributed by atoms with Crippen molar-refractivity contribution in [3.8, 4) is 5.75 Å². The summed E-state index contributed by atoms with van der Waals surface area (Å²) < 4.78 is 6.62. The highest BCUT2D eigenvalue weighted by molar-refractivity contribution is 6.04. The number of hydrogen-bond acceptors (Lipinski definition) is 4. The van der Waals surface area contributed by atoms with Gasteiger partial charge in [-0.1, -0.05) is 44.0 Å². The van der Waals surface area contributed by atoms with Gasteiger partial charge in [-0.15, -0.1) is 0 Å². The topological polar surface area (TPSA) is 58.6 Å². The Morgan fingerprint density at radius 1 is 0.971 bits per heavy atom. The molecule has 1 spiro atoms. The fourth-order valence-electron chi connectivity index (χ4n) is 5.19. The van der Waals surface area contributed by atoms with Gasteiger partial charge in [0, 0.05) is 49.0 Å². The molecule has 2 aliphatic rings. The standard InChI is InChI=1S/C30H38N2O3/c1-4-7-8-11-26(33)24-10-9-12-27-28(24)25(21-30(35-27)17-19-31-20-18-30)22-13-15-23(16-14-22)29(34)32(5-2)6-3/h9-10,12-16,21,31H,4-8,11,17-20H2,1-3H3. The molecule has 2 aromatic rings. The average molecular weight is 475 g/mol. The molecule has 1 N–H and O–H groups in total. The number of hydrogen-bond donors (Lipinski definition) is 1. The number of carbonyl (C=O) groups is 2. The first-order valence-corrected chi connectivity index (χ1v) is 13.2. The van der Waals surface area contributed by atoms with Crippen LogP contribution in [-0.2, 0) is 0 Å². The molecule has 5 nitrogen and oxygen atoms in total. The van der Waals surface area contributed by atoms with E-state index in [1.165, 1.54) is 0 Å². The van der Waals surface area contributed by atoms with Gasteiger partial charge in [0.15, 0.2) is 5.78 Å². The molecule has 35 heavy (non-hydrogen) atoms. The van der Waals surface area contributed by atoms with Crippen molar-refractivity contribution < 1.29 is 14.3 Å². The van der Waals surface area contributed by atoms with Gasteiger partial charge in [0.1, 0.15) is 11.4 Å². The van der Waals surface area contributed by atoms with Crippen molar-refractivity contribution in [2.45, 2.75) is 64.9 Å². The number of ether oxygens (including phenoxy) is 1. The number of piperidine rings is 1. The molecule has 0 aliphatic carbocycles. The van der Waals surface area contributed by atoms with Crippen LogP contribution in [0.1, 0.15) is 91.1 Å². The van der Waals surface area contributed by atoms with E-state index in [4.69, 9.17) is 4.74 Å². The fraction of sp³-hybridized carbons (Fsp3) is 0.467. The van der Waals surface area contributed by atoms with E-state index in [1.54, 1.807) is 0 Å². The summed E-state index contributed by atoms with van der Waals surface area (Å²) >= 11 is 0. The van der Waals surface area contributed by atoms with Crippen molar-refractivity contribution >= 4 is 17.3 Å². The van der Waals surface area contributed by atoms with Gasteiger partial charge >= 0.3 is 0 Å². The zero-order valence-electron chi connectivity index (χ0n) is 21.4. The SMILES string of the molecule is CCCCCC(=O)c1cccc2c1C(c1ccc(C(=O)N(CC)CC)cc1)=CC1(CCNCC1)O2. The summed E-state index contributed by atoms with van der Waals surface area (Å²) in [5.74, 6) is 0.998. The number of rotatable bonds is 9. The number of ketones is 1. The molecule has 2 aliphatic heterocycles. The Bertz CT molecular complexity index is 1080. The molecular weight excluding hydrogens is 436 g/mol. The summed E-state index contributed by atoms with van der Waals surface area (Å²) in [6, 6.07) is 13.7. The van der Waals surface area contributed by atoms with Crippen molar-refractivity contribution in [3.05, 3.63) is 70.8 Å². The molecule has 4 rings (SSSR count). The molecule has 5 heteroatoms. The smallest absolute Gasteiger partial charge is 0.253 e. The predicted octanol–water partition coefficient (Wildman–Crippen LogP) is 5.88. The third-order valence-corrected chi connectivity index (χ3v) is 7.27. The van der Waals surface area contributed by atoms with Gasteiger partial charge in [-0.05, 0) is 68.8 Å². The van der Waals surface area contributed by atoms with E-state index < -0.39 is 0 Å². The van der Waals surface area contributed by atoms with Crippen LogP contribution >= 0.6 is 0 Å². The fourth-order valence-corrected chi connectivity index (χ4v) is 5.19. The van der Waals surface area contributed by atoms with Gasteiger partial charge in [-0.3, -0.25) is 9.59 Å². The summed E-state index contributed by atoms with van der Waals surface area (Å²) in [5.41, 5.74) is 3.98. The van der Waals surface area contributed by atoms with E-state index in [2.05, 4.69) is 18.3 Å². The molecule has 1 saturated heterocycles. The Morgan fingerprint density at radius 3 is 2.34 bits per heavy atom. The number of unbranched alkanes of at least 4 members (excludes halogenated alkanes) is 2. The Hall–Kier alpha value is -2.92. The lowest BCUT2D eigenvalue weighted by molar-refractivity contribution is 0.0772. The lowest BCUT2D eigenvalue weighted by Gasteiger charge is -2.40. The van der Waals surface area contributed by atoms with Crippen molar-refractivity contribution in [2.24, 2.45) is 0 Å². The van der Waals surface area contributed by atoms with E-state index in [0.29, 0.717) is 25.1 Å². The zero-order valence-corrected chi connectivity index (χ0v) is 21.4. The lowest BCUT2D eigenvalue weighted by atomic mass is 9.81. The third-order valence-electron chi connectivity index (χ3n) is 7.27. The van der Waals surface area contributed by atoms with Crippen molar-refractivity contribution in [3.63, 3.8) is 0 Å². The van der Waals surface area contributed by atoms with Crippen LogP contribution in [0.4, 0.5) is 0 Å². The van der Waals surface area contributed by atoms with Crippen molar-refractivity contribution in [1.82, 2.24) is 10.2 Å². The number of fused-ring (bicyclic) bond motifs is 1. The molecule has 1 fully saturated rings. The van der Waals surface area contributed by atoms with Crippen LogP contribution in [0.3, 0.4) is 0 Å². The van der Waals surface area contributed by atoms with Gasteiger partial charge in [-0.2, -0.15) is 0 Å². The van der Waals surface area contributed by atoms with Gasteiger partial charge in [-0.25, -0.2) is 0 Å². The average Bonchev–Trinajstić information content (AvgIpc) is 2.89. The Kier molecular flexibility index (Phi) is 8.07. The molecule has 2 heterocycles. The van der Waals surface area contributed by atoms with Crippen LogP contribution in [0.2, 0.25) is 0 Å². The minimum atomic E-state index is -0.382. The second-order valence-corrected chi connectivity index (χ2v) is 9.59. The van der Waals surface area contributed by atoms with Gasteiger partial charge < -0.3 is 15.0 Å². The maximum absolute atomic E-state index is 13.3. The first-order valence-electron chi connectivity index (χ1n) is 13.2. The number of amides is 1. The monoisotopic (exact) mass is 474 g/mol. The number of carbonyl (C=O) groups excluding carboxylic acids is 2. The largest absolute Gasteiger partial charge is 0.482 e. The van der Waals surface area contributed by atoms with Crippen LogP contribution in [-0.4, -0.2) is 48.4 Å². The Labute approximate surface area is 209 Å². The van der Waals surface area contributed by atoms with Gasteiger partial charge in [0.25, 0.3) is 5.91 Å². The highest BCUT2D eigenvalue weighted by atomic mass is 16.5. The molecular formula is C30H38N2O3. The minimum Gasteiger partial charge on any atom is -0.482 e. The van der Waals surface area contributed by atoms with Gasteiger partial charge in [0.05, 0.1) is 0 Å². The molecule has 0 aromatic heterocycles.